The minimum atomic E-state index is 0.0372. The van der Waals surface area contributed by atoms with E-state index in [2.05, 4.69) is 0 Å². The number of furan rings is 1. The number of para-hydroxylation sites is 1. The Morgan fingerprint density at radius 2 is 2.22 bits per heavy atom. The van der Waals surface area contributed by atoms with Crippen LogP contribution in [0.5, 0.6) is 0 Å². The second kappa shape index (κ2) is 5.36. The number of Topliss-reactive ketones (excluding diaryl/α,β-unsaturated/α-hetero) is 1. The average molecular weight is 246 g/mol. The zero-order valence-corrected chi connectivity index (χ0v) is 11.0. The van der Waals surface area contributed by atoms with Crippen molar-refractivity contribution in [1.82, 2.24) is 0 Å². The summed E-state index contributed by atoms with van der Waals surface area (Å²) in [6.07, 6.45) is 0.451. The molecule has 0 saturated carbocycles. The van der Waals surface area contributed by atoms with E-state index in [1.807, 2.05) is 38.1 Å². The lowest BCUT2D eigenvalue weighted by Crippen LogP contribution is -2.10. The van der Waals surface area contributed by atoms with Crippen LogP contribution in [-0.2, 0) is 4.74 Å². The molecule has 1 aromatic carbocycles. The average Bonchev–Trinajstić information content (AvgIpc) is 2.74. The molecule has 0 aliphatic carbocycles. The van der Waals surface area contributed by atoms with Gasteiger partial charge < -0.3 is 9.15 Å². The Hall–Kier alpha value is -1.61. The van der Waals surface area contributed by atoms with Gasteiger partial charge in [-0.2, -0.15) is 0 Å². The highest BCUT2D eigenvalue weighted by Gasteiger charge is 2.16. The lowest BCUT2D eigenvalue weighted by Gasteiger charge is -2.07. The maximum Gasteiger partial charge on any atom is 0.198 e. The van der Waals surface area contributed by atoms with Crippen molar-refractivity contribution in [3.8, 4) is 0 Å². The van der Waals surface area contributed by atoms with Crippen LogP contribution in [0.1, 0.15) is 29.5 Å². The number of fused-ring (bicyclic) bond motifs is 1. The van der Waals surface area contributed by atoms with Crippen molar-refractivity contribution in [2.75, 3.05) is 13.7 Å². The molecule has 1 heterocycles. The molecule has 3 nitrogen and oxygen atoms in total. The molecule has 0 spiro atoms. The lowest BCUT2D eigenvalue weighted by atomic mass is 10.0. The smallest absolute Gasteiger partial charge is 0.198 e. The minimum Gasteiger partial charge on any atom is -0.453 e. The van der Waals surface area contributed by atoms with Gasteiger partial charge >= 0.3 is 0 Å². The van der Waals surface area contributed by atoms with Gasteiger partial charge in [-0.15, -0.1) is 0 Å². The summed E-state index contributed by atoms with van der Waals surface area (Å²) in [7, 11) is 1.64. The number of hydrogen-bond donors (Lipinski definition) is 0. The van der Waals surface area contributed by atoms with Crippen molar-refractivity contribution in [1.29, 1.82) is 0 Å². The van der Waals surface area contributed by atoms with Gasteiger partial charge in [0.15, 0.2) is 11.5 Å². The molecule has 1 atom stereocenters. The maximum atomic E-state index is 12.1. The molecule has 3 heteroatoms. The number of ether oxygens (including phenoxy) is 1. The molecule has 18 heavy (non-hydrogen) atoms. The SMILES string of the molecule is COCC(C)CC(=O)c1cc2cccc(C)c2o1. The van der Waals surface area contributed by atoms with Crippen molar-refractivity contribution in [3.63, 3.8) is 0 Å². The summed E-state index contributed by atoms with van der Waals surface area (Å²) >= 11 is 0. The van der Waals surface area contributed by atoms with Gasteiger partial charge in [-0.05, 0) is 24.5 Å². The van der Waals surface area contributed by atoms with E-state index in [1.54, 1.807) is 7.11 Å². The quantitative estimate of drug-likeness (QED) is 0.757. The number of rotatable bonds is 5. The van der Waals surface area contributed by atoms with Crippen LogP contribution in [0.25, 0.3) is 11.0 Å². The maximum absolute atomic E-state index is 12.1. The van der Waals surface area contributed by atoms with Gasteiger partial charge in [0, 0.05) is 25.5 Å². The van der Waals surface area contributed by atoms with E-state index in [-0.39, 0.29) is 11.7 Å². The molecule has 2 aromatic rings. The van der Waals surface area contributed by atoms with Crippen LogP contribution in [0.15, 0.2) is 28.7 Å². The fourth-order valence-corrected chi connectivity index (χ4v) is 2.11. The standard InChI is InChI=1S/C15H18O3/c1-10(9-17-3)7-13(16)14-8-12-6-4-5-11(2)15(12)18-14/h4-6,8,10H,7,9H2,1-3H3. The molecule has 0 fully saturated rings. The number of aryl methyl sites for hydroxylation is 1. The molecular formula is C15H18O3. The summed E-state index contributed by atoms with van der Waals surface area (Å²) in [4.78, 5) is 12.1. The largest absolute Gasteiger partial charge is 0.453 e. The summed E-state index contributed by atoms with van der Waals surface area (Å²) in [6, 6.07) is 7.73. The Labute approximate surface area is 107 Å². The van der Waals surface area contributed by atoms with Crippen LogP contribution >= 0.6 is 0 Å². The Morgan fingerprint density at radius 3 is 2.89 bits per heavy atom. The number of benzene rings is 1. The third-order valence-electron chi connectivity index (χ3n) is 3.00. The third kappa shape index (κ3) is 2.62. The van der Waals surface area contributed by atoms with Crippen molar-refractivity contribution < 1.29 is 13.9 Å². The first-order chi connectivity index (χ1) is 8.61. The summed E-state index contributed by atoms with van der Waals surface area (Å²) in [6.45, 7) is 4.56. The summed E-state index contributed by atoms with van der Waals surface area (Å²) < 4.78 is 10.7. The predicted octanol–water partition coefficient (Wildman–Crippen LogP) is 3.60. The molecule has 1 unspecified atom stereocenters. The van der Waals surface area contributed by atoms with Gasteiger partial charge in [0.2, 0.25) is 0 Å². The number of hydrogen-bond acceptors (Lipinski definition) is 3. The number of ketones is 1. The van der Waals surface area contributed by atoms with Gasteiger partial charge in [-0.3, -0.25) is 4.79 Å². The van der Waals surface area contributed by atoms with Crippen LogP contribution < -0.4 is 0 Å². The van der Waals surface area contributed by atoms with Crippen molar-refractivity contribution in [2.24, 2.45) is 5.92 Å². The highest BCUT2D eigenvalue weighted by atomic mass is 16.5. The van der Waals surface area contributed by atoms with Crippen molar-refractivity contribution >= 4 is 16.8 Å². The van der Waals surface area contributed by atoms with Gasteiger partial charge in [0.1, 0.15) is 5.58 Å². The second-order valence-electron chi connectivity index (χ2n) is 4.79. The number of carbonyl (C=O) groups is 1. The van der Waals surface area contributed by atoms with Gasteiger partial charge in [0.25, 0.3) is 0 Å². The van der Waals surface area contributed by atoms with Gasteiger partial charge in [0.05, 0.1) is 0 Å². The van der Waals surface area contributed by atoms with E-state index in [9.17, 15) is 4.79 Å². The normalized spacial score (nSPS) is 12.8. The molecule has 96 valence electrons. The molecule has 0 N–H and O–H groups in total. The first-order valence-corrected chi connectivity index (χ1v) is 6.13. The predicted molar refractivity (Wildman–Crippen MR) is 70.9 cm³/mol. The Morgan fingerprint density at radius 1 is 1.44 bits per heavy atom. The number of carbonyl (C=O) groups excluding carboxylic acids is 1. The summed E-state index contributed by atoms with van der Waals surface area (Å²) in [5, 5.41) is 0.984. The molecule has 0 bridgehead atoms. The second-order valence-corrected chi connectivity index (χ2v) is 4.79. The van der Waals surface area contributed by atoms with Crippen LogP contribution in [0, 0.1) is 12.8 Å². The fraction of sp³-hybridized carbons (Fsp3) is 0.400. The first kappa shape index (κ1) is 12.8. The highest BCUT2D eigenvalue weighted by Crippen LogP contribution is 2.24. The third-order valence-corrected chi connectivity index (χ3v) is 3.00. The Balaban J connectivity index is 2.21. The molecular weight excluding hydrogens is 228 g/mol. The van der Waals surface area contributed by atoms with Crippen LogP contribution in [0.4, 0.5) is 0 Å². The van der Waals surface area contributed by atoms with E-state index in [4.69, 9.17) is 9.15 Å². The Bertz CT molecular complexity index is 554. The summed E-state index contributed by atoms with van der Waals surface area (Å²) in [5.74, 6) is 0.689. The summed E-state index contributed by atoms with van der Waals surface area (Å²) in [5.41, 5.74) is 1.86. The van der Waals surface area contributed by atoms with Gasteiger partial charge in [-0.25, -0.2) is 0 Å². The molecule has 2 rings (SSSR count). The van der Waals surface area contributed by atoms with E-state index < -0.39 is 0 Å². The van der Waals surface area contributed by atoms with E-state index in [0.717, 1.165) is 16.5 Å². The van der Waals surface area contributed by atoms with Crippen molar-refractivity contribution in [2.45, 2.75) is 20.3 Å². The Kier molecular flexibility index (Phi) is 3.82. The topological polar surface area (TPSA) is 39.4 Å². The van der Waals surface area contributed by atoms with E-state index >= 15 is 0 Å². The van der Waals surface area contributed by atoms with Crippen LogP contribution in [-0.4, -0.2) is 19.5 Å². The fourth-order valence-electron chi connectivity index (χ4n) is 2.11. The molecule has 0 radical (unpaired) electrons. The molecule has 1 aromatic heterocycles. The molecule has 0 saturated heterocycles. The minimum absolute atomic E-state index is 0.0372. The zero-order valence-electron chi connectivity index (χ0n) is 11.0. The zero-order chi connectivity index (χ0) is 13.1. The van der Waals surface area contributed by atoms with Crippen LogP contribution in [0.2, 0.25) is 0 Å². The highest BCUT2D eigenvalue weighted by molar-refractivity contribution is 5.98. The van der Waals surface area contributed by atoms with E-state index in [1.165, 1.54) is 0 Å². The first-order valence-electron chi connectivity index (χ1n) is 6.13. The van der Waals surface area contributed by atoms with E-state index in [0.29, 0.717) is 18.8 Å². The molecule has 0 aliphatic rings. The number of methoxy groups -OCH3 is 1. The van der Waals surface area contributed by atoms with Gasteiger partial charge in [-0.1, -0.05) is 25.1 Å². The lowest BCUT2D eigenvalue weighted by molar-refractivity contribution is 0.0895. The monoisotopic (exact) mass is 246 g/mol. The molecule has 0 amide bonds. The molecule has 0 aliphatic heterocycles. The van der Waals surface area contributed by atoms with Crippen LogP contribution in [0.3, 0.4) is 0 Å². The van der Waals surface area contributed by atoms with Crippen molar-refractivity contribution in [3.05, 3.63) is 35.6 Å².